The molecule has 1 amide bonds. The SMILES string of the molecule is CC1CCCN(Cc2ccc(CNC(=O)C3CNC3)cc2)C1. The van der Waals surface area contributed by atoms with Crippen LogP contribution in [0.25, 0.3) is 0 Å². The van der Waals surface area contributed by atoms with E-state index >= 15 is 0 Å². The molecule has 2 saturated heterocycles. The zero-order chi connectivity index (χ0) is 15.4. The Morgan fingerprint density at radius 2 is 2.00 bits per heavy atom. The molecule has 1 aromatic rings. The van der Waals surface area contributed by atoms with Crippen molar-refractivity contribution in [1.29, 1.82) is 0 Å². The third-order valence-corrected chi connectivity index (χ3v) is 4.79. The lowest BCUT2D eigenvalue weighted by atomic mass is 9.99. The van der Waals surface area contributed by atoms with Gasteiger partial charge in [0.25, 0.3) is 0 Å². The van der Waals surface area contributed by atoms with E-state index in [0.717, 1.165) is 25.6 Å². The summed E-state index contributed by atoms with van der Waals surface area (Å²) < 4.78 is 0. The number of nitrogens with zero attached hydrogens (tertiary/aromatic N) is 1. The molecule has 0 saturated carbocycles. The minimum atomic E-state index is 0.167. The molecule has 4 heteroatoms. The van der Waals surface area contributed by atoms with Gasteiger partial charge in [-0.2, -0.15) is 0 Å². The van der Waals surface area contributed by atoms with Gasteiger partial charge in [-0.05, 0) is 36.4 Å². The molecule has 0 aliphatic carbocycles. The highest BCUT2D eigenvalue weighted by molar-refractivity contribution is 5.79. The number of nitrogens with one attached hydrogen (secondary N) is 2. The summed E-state index contributed by atoms with van der Waals surface area (Å²) in [5, 5.41) is 6.14. The Morgan fingerprint density at radius 1 is 1.27 bits per heavy atom. The second-order valence-electron chi connectivity index (χ2n) is 6.87. The number of carbonyl (C=O) groups excluding carboxylic acids is 1. The third kappa shape index (κ3) is 4.08. The summed E-state index contributed by atoms with van der Waals surface area (Å²) in [6, 6.07) is 8.68. The van der Waals surface area contributed by atoms with Crippen LogP contribution < -0.4 is 10.6 Å². The van der Waals surface area contributed by atoms with E-state index in [9.17, 15) is 4.79 Å². The fourth-order valence-corrected chi connectivity index (χ4v) is 3.26. The van der Waals surface area contributed by atoms with Crippen LogP contribution in [0.4, 0.5) is 0 Å². The highest BCUT2D eigenvalue weighted by Crippen LogP contribution is 2.18. The quantitative estimate of drug-likeness (QED) is 0.871. The fraction of sp³-hybridized carbons (Fsp3) is 0.611. The van der Waals surface area contributed by atoms with Crippen molar-refractivity contribution in [1.82, 2.24) is 15.5 Å². The minimum absolute atomic E-state index is 0.167. The van der Waals surface area contributed by atoms with E-state index in [1.807, 2.05) is 0 Å². The van der Waals surface area contributed by atoms with Crippen molar-refractivity contribution < 1.29 is 4.79 Å². The van der Waals surface area contributed by atoms with E-state index in [0.29, 0.717) is 6.54 Å². The second-order valence-corrected chi connectivity index (χ2v) is 6.87. The molecule has 22 heavy (non-hydrogen) atoms. The monoisotopic (exact) mass is 301 g/mol. The maximum absolute atomic E-state index is 11.8. The van der Waals surface area contributed by atoms with E-state index < -0.39 is 0 Å². The van der Waals surface area contributed by atoms with Gasteiger partial charge in [-0.3, -0.25) is 9.69 Å². The molecule has 2 fully saturated rings. The molecule has 120 valence electrons. The topological polar surface area (TPSA) is 44.4 Å². The molecular formula is C18H27N3O. The first-order valence-electron chi connectivity index (χ1n) is 8.49. The van der Waals surface area contributed by atoms with Crippen LogP contribution in [0.5, 0.6) is 0 Å². The van der Waals surface area contributed by atoms with E-state index in [1.165, 1.54) is 37.1 Å². The maximum atomic E-state index is 11.8. The molecule has 0 radical (unpaired) electrons. The lowest BCUT2D eigenvalue weighted by Crippen LogP contribution is -2.50. The first-order valence-corrected chi connectivity index (χ1v) is 8.49. The predicted octanol–water partition coefficient (Wildman–Crippen LogP) is 1.75. The molecule has 4 nitrogen and oxygen atoms in total. The lowest BCUT2D eigenvalue weighted by Gasteiger charge is -2.30. The van der Waals surface area contributed by atoms with Crippen LogP contribution in [-0.4, -0.2) is 37.0 Å². The molecule has 2 aliphatic rings. The predicted molar refractivity (Wildman–Crippen MR) is 88.3 cm³/mol. The van der Waals surface area contributed by atoms with Gasteiger partial charge >= 0.3 is 0 Å². The molecule has 0 bridgehead atoms. The Kier molecular flexibility index (Phi) is 5.11. The standard InChI is InChI=1S/C18H27N3O/c1-14-3-2-8-21(12-14)13-16-6-4-15(5-7-16)9-20-18(22)17-10-19-11-17/h4-7,14,17,19H,2-3,8-13H2,1H3,(H,20,22). The zero-order valence-electron chi connectivity index (χ0n) is 13.5. The van der Waals surface area contributed by atoms with Crippen LogP contribution in [0.15, 0.2) is 24.3 Å². The van der Waals surface area contributed by atoms with E-state index in [1.54, 1.807) is 0 Å². The Hall–Kier alpha value is -1.39. The Labute approximate surface area is 133 Å². The molecule has 3 rings (SSSR count). The summed E-state index contributed by atoms with van der Waals surface area (Å²) in [5.74, 6) is 1.16. The number of hydrogen-bond acceptors (Lipinski definition) is 3. The van der Waals surface area contributed by atoms with Crippen LogP contribution in [0, 0.1) is 11.8 Å². The number of amides is 1. The molecule has 1 atom stereocenters. The van der Waals surface area contributed by atoms with Crippen molar-refractivity contribution in [3.05, 3.63) is 35.4 Å². The van der Waals surface area contributed by atoms with Gasteiger partial charge in [0.1, 0.15) is 0 Å². The van der Waals surface area contributed by atoms with Gasteiger partial charge in [0.05, 0.1) is 5.92 Å². The molecule has 0 aromatic heterocycles. The first kappa shape index (κ1) is 15.5. The van der Waals surface area contributed by atoms with Crippen LogP contribution in [0.2, 0.25) is 0 Å². The maximum Gasteiger partial charge on any atom is 0.225 e. The van der Waals surface area contributed by atoms with Crippen LogP contribution in [0.1, 0.15) is 30.9 Å². The Morgan fingerprint density at radius 3 is 2.64 bits per heavy atom. The highest BCUT2D eigenvalue weighted by Gasteiger charge is 2.24. The van der Waals surface area contributed by atoms with E-state index in [4.69, 9.17) is 0 Å². The minimum Gasteiger partial charge on any atom is -0.352 e. The fourth-order valence-electron chi connectivity index (χ4n) is 3.26. The molecule has 2 heterocycles. The van der Waals surface area contributed by atoms with Crippen LogP contribution in [0.3, 0.4) is 0 Å². The van der Waals surface area contributed by atoms with Crippen molar-refractivity contribution in [2.75, 3.05) is 26.2 Å². The van der Waals surface area contributed by atoms with Crippen molar-refractivity contribution in [3.8, 4) is 0 Å². The normalized spacial score (nSPS) is 23.0. The van der Waals surface area contributed by atoms with Crippen molar-refractivity contribution >= 4 is 5.91 Å². The van der Waals surface area contributed by atoms with Crippen molar-refractivity contribution in [2.45, 2.75) is 32.9 Å². The van der Waals surface area contributed by atoms with Crippen molar-refractivity contribution in [3.63, 3.8) is 0 Å². The third-order valence-electron chi connectivity index (χ3n) is 4.79. The van der Waals surface area contributed by atoms with E-state index in [2.05, 4.69) is 46.7 Å². The summed E-state index contributed by atoms with van der Waals surface area (Å²) in [6.07, 6.45) is 2.69. The number of benzene rings is 1. The Bertz CT molecular complexity index is 496. The molecule has 2 aliphatic heterocycles. The van der Waals surface area contributed by atoms with Gasteiger partial charge in [-0.15, -0.1) is 0 Å². The number of hydrogen-bond donors (Lipinski definition) is 2. The Balaban J connectivity index is 1.46. The molecule has 1 unspecified atom stereocenters. The largest absolute Gasteiger partial charge is 0.352 e. The van der Waals surface area contributed by atoms with E-state index in [-0.39, 0.29) is 11.8 Å². The number of carbonyl (C=O) groups is 1. The smallest absolute Gasteiger partial charge is 0.225 e. The summed E-state index contributed by atoms with van der Waals surface area (Å²) in [4.78, 5) is 14.4. The van der Waals surface area contributed by atoms with Gasteiger partial charge in [-0.25, -0.2) is 0 Å². The highest BCUT2D eigenvalue weighted by atomic mass is 16.2. The number of piperidine rings is 1. The second kappa shape index (κ2) is 7.25. The number of likely N-dealkylation sites (tertiary alicyclic amines) is 1. The summed E-state index contributed by atoms with van der Waals surface area (Å²) >= 11 is 0. The summed E-state index contributed by atoms with van der Waals surface area (Å²) in [5.41, 5.74) is 2.55. The average Bonchev–Trinajstić information content (AvgIpc) is 2.45. The summed E-state index contributed by atoms with van der Waals surface area (Å²) in [6.45, 7) is 8.10. The molecule has 0 spiro atoms. The van der Waals surface area contributed by atoms with Gasteiger partial charge in [0.15, 0.2) is 0 Å². The summed E-state index contributed by atoms with van der Waals surface area (Å²) in [7, 11) is 0. The van der Waals surface area contributed by atoms with Crippen molar-refractivity contribution in [2.24, 2.45) is 11.8 Å². The molecule has 1 aromatic carbocycles. The van der Waals surface area contributed by atoms with Gasteiger partial charge in [0, 0.05) is 32.7 Å². The number of rotatable bonds is 5. The first-order chi connectivity index (χ1) is 10.7. The van der Waals surface area contributed by atoms with Crippen LogP contribution >= 0.6 is 0 Å². The lowest BCUT2D eigenvalue weighted by molar-refractivity contribution is -0.126. The van der Waals surface area contributed by atoms with Gasteiger partial charge < -0.3 is 10.6 Å². The van der Waals surface area contributed by atoms with Gasteiger partial charge in [-0.1, -0.05) is 31.2 Å². The van der Waals surface area contributed by atoms with Crippen LogP contribution in [-0.2, 0) is 17.9 Å². The zero-order valence-corrected chi connectivity index (χ0v) is 13.5. The average molecular weight is 301 g/mol. The van der Waals surface area contributed by atoms with Gasteiger partial charge in [0.2, 0.25) is 5.91 Å². The molecule has 2 N–H and O–H groups in total. The molecular weight excluding hydrogens is 274 g/mol.